The van der Waals surface area contributed by atoms with Crippen molar-refractivity contribution in [3.05, 3.63) is 64.3 Å². The van der Waals surface area contributed by atoms with Gasteiger partial charge >= 0.3 is 5.97 Å². The first-order valence-corrected chi connectivity index (χ1v) is 8.09. The minimum atomic E-state index is -0.455. The highest BCUT2D eigenvalue weighted by Crippen LogP contribution is 2.32. The summed E-state index contributed by atoms with van der Waals surface area (Å²) in [6.07, 6.45) is 1.69. The molecular formula is C20H17NO4. The zero-order chi connectivity index (χ0) is 17.4. The molecule has 0 fully saturated rings. The van der Waals surface area contributed by atoms with Gasteiger partial charge in [0.2, 0.25) is 5.90 Å². The number of carbonyl (C=O) groups is 1. The maximum absolute atomic E-state index is 12.2. The molecule has 2 aliphatic heterocycles. The molecule has 0 aliphatic carbocycles. The average Bonchev–Trinajstić information content (AvgIpc) is 2.95. The smallest absolute Gasteiger partial charge is 0.363 e. The molecule has 0 saturated carbocycles. The normalized spacial score (nSPS) is 17.4. The van der Waals surface area contributed by atoms with E-state index in [-0.39, 0.29) is 5.70 Å². The van der Waals surface area contributed by atoms with Gasteiger partial charge in [-0.3, -0.25) is 0 Å². The number of aryl methyl sites for hydroxylation is 2. The highest BCUT2D eigenvalue weighted by atomic mass is 16.6. The van der Waals surface area contributed by atoms with Gasteiger partial charge in [0.1, 0.15) is 13.2 Å². The number of hydrogen-bond acceptors (Lipinski definition) is 5. The molecule has 2 heterocycles. The topological polar surface area (TPSA) is 57.1 Å². The van der Waals surface area contributed by atoms with Gasteiger partial charge in [0.15, 0.2) is 17.2 Å². The maximum atomic E-state index is 12.2. The van der Waals surface area contributed by atoms with E-state index < -0.39 is 5.97 Å². The lowest BCUT2D eigenvalue weighted by Gasteiger charge is -2.18. The summed E-state index contributed by atoms with van der Waals surface area (Å²) in [5.74, 6) is 1.26. The van der Waals surface area contributed by atoms with Crippen LogP contribution in [0.2, 0.25) is 0 Å². The number of ether oxygens (including phenoxy) is 3. The van der Waals surface area contributed by atoms with Crippen LogP contribution in [0.25, 0.3) is 6.08 Å². The molecule has 126 valence electrons. The van der Waals surface area contributed by atoms with Crippen molar-refractivity contribution in [1.82, 2.24) is 0 Å². The van der Waals surface area contributed by atoms with Crippen LogP contribution in [0, 0.1) is 13.8 Å². The van der Waals surface area contributed by atoms with Crippen molar-refractivity contribution in [2.45, 2.75) is 13.8 Å². The van der Waals surface area contributed by atoms with E-state index in [2.05, 4.69) is 11.1 Å². The first-order chi connectivity index (χ1) is 12.1. The summed E-state index contributed by atoms with van der Waals surface area (Å²) >= 11 is 0. The van der Waals surface area contributed by atoms with Crippen molar-refractivity contribution in [2.24, 2.45) is 4.99 Å². The number of benzene rings is 2. The fraction of sp³-hybridized carbons (Fsp3) is 0.200. The molecular weight excluding hydrogens is 318 g/mol. The van der Waals surface area contributed by atoms with Crippen LogP contribution in [-0.2, 0) is 9.53 Å². The standard InChI is InChI=1S/C20H17NO4/c1-12-7-13(2)9-15(8-12)19-21-16(20(22)25-19)10-14-3-4-17-18(11-14)24-6-5-23-17/h3-4,7-11H,5-6H2,1-2H3/b16-10-. The largest absolute Gasteiger partial charge is 0.486 e. The third-order valence-electron chi connectivity index (χ3n) is 3.96. The van der Waals surface area contributed by atoms with Gasteiger partial charge in [-0.25, -0.2) is 9.79 Å². The summed E-state index contributed by atoms with van der Waals surface area (Å²) in [5.41, 5.74) is 4.07. The van der Waals surface area contributed by atoms with Gasteiger partial charge in [-0.1, -0.05) is 23.3 Å². The fourth-order valence-electron chi connectivity index (χ4n) is 2.94. The Labute approximate surface area is 145 Å². The van der Waals surface area contributed by atoms with Crippen LogP contribution in [0.5, 0.6) is 11.5 Å². The third-order valence-corrected chi connectivity index (χ3v) is 3.96. The van der Waals surface area contributed by atoms with Crippen LogP contribution in [0.1, 0.15) is 22.3 Å². The predicted octanol–water partition coefficient (Wildman–Crippen LogP) is 3.42. The van der Waals surface area contributed by atoms with E-state index in [1.54, 1.807) is 6.08 Å². The van der Waals surface area contributed by atoms with E-state index in [1.807, 2.05) is 44.2 Å². The average molecular weight is 335 g/mol. The Hall–Kier alpha value is -3.08. The second kappa shape index (κ2) is 6.09. The van der Waals surface area contributed by atoms with E-state index in [9.17, 15) is 4.79 Å². The molecule has 5 nitrogen and oxygen atoms in total. The molecule has 4 rings (SSSR count). The van der Waals surface area contributed by atoms with Gasteiger partial charge in [-0.2, -0.15) is 0 Å². The van der Waals surface area contributed by atoms with Gasteiger partial charge < -0.3 is 14.2 Å². The summed E-state index contributed by atoms with van der Waals surface area (Å²) in [4.78, 5) is 16.5. The zero-order valence-electron chi connectivity index (χ0n) is 14.0. The lowest BCUT2D eigenvalue weighted by molar-refractivity contribution is -0.129. The molecule has 5 heteroatoms. The summed E-state index contributed by atoms with van der Waals surface area (Å²) in [7, 11) is 0. The molecule has 0 unspecified atom stereocenters. The molecule has 0 saturated heterocycles. The molecule has 0 atom stereocenters. The van der Waals surface area contributed by atoms with Gasteiger partial charge in [-0.15, -0.1) is 0 Å². The Morgan fingerprint density at radius 3 is 2.44 bits per heavy atom. The number of fused-ring (bicyclic) bond motifs is 1. The highest BCUT2D eigenvalue weighted by Gasteiger charge is 2.24. The Balaban J connectivity index is 1.67. The van der Waals surface area contributed by atoms with Gasteiger partial charge in [0.05, 0.1) is 0 Å². The van der Waals surface area contributed by atoms with Crippen LogP contribution in [0.4, 0.5) is 0 Å². The van der Waals surface area contributed by atoms with Gasteiger partial charge in [0, 0.05) is 5.56 Å². The van der Waals surface area contributed by atoms with Crippen molar-refractivity contribution in [3.8, 4) is 11.5 Å². The second-order valence-electron chi connectivity index (χ2n) is 6.12. The minimum absolute atomic E-state index is 0.269. The number of cyclic esters (lactones) is 1. The highest BCUT2D eigenvalue weighted by molar-refractivity contribution is 6.13. The molecule has 0 bridgehead atoms. The van der Waals surface area contributed by atoms with Crippen LogP contribution in [0.15, 0.2) is 47.1 Å². The van der Waals surface area contributed by atoms with Crippen LogP contribution in [-0.4, -0.2) is 25.1 Å². The van der Waals surface area contributed by atoms with Crippen molar-refractivity contribution in [3.63, 3.8) is 0 Å². The molecule has 0 amide bonds. The van der Waals surface area contributed by atoms with Gasteiger partial charge in [0.25, 0.3) is 0 Å². The maximum Gasteiger partial charge on any atom is 0.363 e. The molecule has 2 aromatic carbocycles. The van der Waals surface area contributed by atoms with E-state index in [0.29, 0.717) is 30.6 Å². The van der Waals surface area contributed by atoms with Crippen LogP contribution in [0.3, 0.4) is 0 Å². The van der Waals surface area contributed by atoms with Crippen molar-refractivity contribution < 1.29 is 19.0 Å². The Kier molecular flexibility index (Phi) is 3.76. The lowest BCUT2D eigenvalue weighted by Crippen LogP contribution is -2.15. The zero-order valence-corrected chi connectivity index (χ0v) is 14.0. The summed E-state index contributed by atoms with van der Waals surface area (Å²) in [6.45, 7) is 5.06. The fourth-order valence-corrected chi connectivity index (χ4v) is 2.94. The van der Waals surface area contributed by atoms with Crippen molar-refractivity contribution in [2.75, 3.05) is 13.2 Å². The lowest BCUT2D eigenvalue weighted by atomic mass is 10.1. The van der Waals surface area contributed by atoms with E-state index >= 15 is 0 Å². The van der Waals surface area contributed by atoms with E-state index in [1.165, 1.54) is 0 Å². The molecule has 2 aliphatic rings. The molecule has 25 heavy (non-hydrogen) atoms. The van der Waals surface area contributed by atoms with E-state index in [0.717, 1.165) is 22.3 Å². The first kappa shape index (κ1) is 15.4. The van der Waals surface area contributed by atoms with Crippen molar-refractivity contribution in [1.29, 1.82) is 0 Å². The Morgan fingerprint density at radius 1 is 0.960 bits per heavy atom. The monoisotopic (exact) mass is 335 g/mol. The number of nitrogens with zero attached hydrogens (tertiary/aromatic N) is 1. The SMILES string of the molecule is Cc1cc(C)cc(C2=N/C(=C\c3ccc4c(c3)OCCO4)C(=O)O2)c1. The quantitative estimate of drug-likeness (QED) is 0.623. The first-order valence-electron chi connectivity index (χ1n) is 8.09. The number of aliphatic imine (C=N–C) groups is 1. The van der Waals surface area contributed by atoms with Crippen LogP contribution >= 0.6 is 0 Å². The molecule has 0 N–H and O–H groups in total. The number of hydrogen-bond donors (Lipinski definition) is 0. The molecule has 0 radical (unpaired) electrons. The second-order valence-corrected chi connectivity index (χ2v) is 6.12. The Morgan fingerprint density at radius 2 is 1.68 bits per heavy atom. The summed E-state index contributed by atoms with van der Waals surface area (Å²) < 4.78 is 16.4. The van der Waals surface area contributed by atoms with Gasteiger partial charge in [-0.05, 0) is 49.8 Å². The third kappa shape index (κ3) is 3.13. The summed E-state index contributed by atoms with van der Waals surface area (Å²) in [6, 6.07) is 11.5. The number of carbonyl (C=O) groups excluding carboxylic acids is 1. The minimum Gasteiger partial charge on any atom is -0.486 e. The molecule has 2 aromatic rings. The molecule has 0 aromatic heterocycles. The number of rotatable bonds is 2. The van der Waals surface area contributed by atoms with Crippen molar-refractivity contribution >= 4 is 17.9 Å². The predicted molar refractivity (Wildman–Crippen MR) is 94.0 cm³/mol. The molecule has 0 spiro atoms. The number of esters is 1. The van der Waals surface area contributed by atoms with Crippen LogP contribution < -0.4 is 9.47 Å². The Bertz CT molecular complexity index is 907. The summed E-state index contributed by atoms with van der Waals surface area (Å²) in [5, 5.41) is 0. The van der Waals surface area contributed by atoms with E-state index in [4.69, 9.17) is 14.2 Å².